The summed E-state index contributed by atoms with van der Waals surface area (Å²) in [7, 11) is -0.522. The molecule has 0 aliphatic heterocycles. The van der Waals surface area contributed by atoms with Crippen LogP contribution in [0.3, 0.4) is 0 Å². The number of aryl methyl sites for hydroxylation is 1. The molecule has 0 heterocycles. The van der Waals surface area contributed by atoms with Gasteiger partial charge in [-0.05, 0) is 44.0 Å². The van der Waals surface area contributed by atoms with Crippen LogP contribution >= 0.6 is 12.2 Å². The normalized spacial score (nSPS) is 13.8. The predicted octanol–water partition coefficient (Wildman–Crippen LogP) is 2.15. The van der Waals surface area contributed by atoms with Crippen molar-refractivity contribution in [1.82, 2.24) is 10.6 Å². The van der Waals surface area contributed by atoms with E-state index in [-0.39, 0.29) is 11.4 Å². The summed E-state index contributed by atoms with van der Waals surface area (Å²) in [6.45, 7) is 3.98. The first kappa shape index (κ1) is 20.2. The SMILES string of the molecule is CCC1(N=S(=O)=O)CC1.CNC(=S)NC(=O)Cc1ccc(C)cc1. The van der Waals surface area contributed by atoms with E-state index < -0.39 is 10.5 Å². The Morgan fingerprint density at radius 3 is 2.25 bits per heavy atom. The number of benzene rings is 1. The topological polar surface area (TPSA) is 87.6 Å². The number of hydrogen-bond acceptors (Lipinski definition) is 5. The molecular formula is C16H23N3O3S2. The molecule has 0 bridgehead atoms. The number of thiocarbonyl (C=S) groups is 1. The van der Waals surface area contributed by atoms with Gasteiger partial charge in [-0.3, -0.25) is 4.79 Å². The van der Waals surface area contributed by atoms with Gasteiger partial charge in [0.25, 0.3) is 0 Å². The van der Waals surface area contributed by atoms with Crippen LogP contribution in [0.1, 0.15) is 37.3 Å². The molecule has 132 valence electrons. The van der Waals surface area contributed by atoms with Crippen molar-refractivity contribution < 1.29 is 13.2 Å². The molecule has 1 saturated carbocycles. The molecule has 1 fully saturated rings. The lowest BCUT2D eigenvalue weighted by Gasteiger charge is -2.05. The summed E-state index contributed by atoms with van der Waals surface area (Å²) in [6, 6.07) is 7.85. The van der Waals surface area contributed by atoms with Gasteiger partial charge in [-0.1, -0.05) is 36.8 Å². The summed E-state index contributed by atoms with van der Waals surface area (Å²) in [5.41, 5.74) is 1.99. The van der Waals surface area contributed by atoms with Crippen LogP contribution in [0.15, 0.2) is 28.6 Å². The van der Waals surface area contributed by atoms with Gasteiger partial charge in [0.05, 0.1) is 12.0 Å². The number of carbonyl (C=O) groups is 1. The maximum absolute atomic E-state index is 11.4. The fraction of sp³-hybridized carbons (Fsp3) is 0.500. The van der Waals surface area contributed by atoms with E-state index in [0.717, 1.165) is 24.8 Å². The van der Waals surface area contributed by atoms with E-state index in [0.29, 0.717) is 11.5 Å². The lowest BCUT2D eigenvalue weighted by Crippen LogP contribution is -2.37. The van der Waals surface area contributed by atoms with E-state index in [4.69, 9.17) is 12.2 Å². The first-order valence-corrected chi connectivity index (χ1v) is 9.13. The van der Waals surface area contributed by atoms with Gasteiger partial charge in [-0.25, -0.2) is 0 Å². The highest BCUT2D eigenvalue weighted by Crippen LogP contribution is 2.42. The van der Waals surface area contributed by atoms with Crippen molar-refractivity contribution in [2.45, 2.75) is 45.1 Å². The van der Waals surface area contributed by atoms with Crippen LogP contribution in [0, 0.1) is 6.92 Å². The molecule has 1 aromatic rings. The van der Waals surface area contributed by atoms with Crippen LogP contribution in [0.25, 0.3) is 0 Å². The fourth-order valence-corrected chi connectivity index (χ4v) is 2.68. The Balaban J connectivity index is 0.000000272. The van der Waals surface area contributed by atoms with E-state index in [1.807, 2.05) is 38.1 Å². The second-order valence-electron chi connectivity index (χ2n) is 5.68. The summed E-state index contributed by atoms with van der Waals surface area (Å²) in [5.74, 6) is -0.0989. The highest BCUT2D eigenvalue weighted by Gasteiger charge is 2.41. The first-order chi connectivity index (χ1) is 11.3. The van der Waals surface area contributed by atoms with Gasteiger partial charge in [0.15, 0.2) is 5.11 Å². The van der Waals surface area contributed by atoms with Crippen LogP contribution in [-0.4, -0.2) is 32.0 Å². The molecule has 0 spiro atoms. The number of nitrogens with one attached hydrogen (secondary N) is 2. The Hall–Kier alpha value is -1.80. The number of rotatable bonds is 4. The van der Waals surface area contributed by atoms with Crippen LogP contribution in [0.5, 0.6) is 0 Å². The second kappa shape index (κ2) is 9.48. The van der Waals surface area contributed by atoms with Gasteiger partial charge in [-0.15, -0.1) is 0 Å². The number of nitrogens with zero attached hydrogens (tertiary/aromatic N) is 1. The number of hydrogen-bond donors (Lipinski definition) is 2. The highest BCUT2D eigenvalue weighted by molar-refractivity contribution is 7.80. The van der Waals surface area contributed by atoms with Gasteiger partial charge >= 0.3 is 10.5 Å². The van der Waals surface area contributed by atoms with Gasteiger partial charge in [-0.2, -0.15) is 12.8 Å². The summed E-state index contributed by atoms with van der Waals surface area (Å²) in [6.07, 6.45) is 3.08. The number of amides is 1. The molecule has 1 aliphatic carbocycles. The van der Waals surface area contributed by atoms with Crippen LogP contribution < -0.4 is 10.6 Å². The molecule has 0 radical (unpaired) electrons. The van der Waals surface area contributed by atoms with Crippen LogP contribution in [0.2, 0.25) is 0 Å². The summed E-state index contributed by atoms with van der Waals surface area (Å²) in [5, 5.41) is 5.62. The first-order valence-electron chi connectivity index (χ1n) is 7.69. The summed E-state index contributed by atoms with van der Waals surface area (Å²) < 4.78 is 23.6. The van der Waals surface area contributed by atoms with Crippen molar-refractivity contribution in [3.63, 3.8) is 0 Å². The minimum absolute atomic E-state index is 0.0989. The van der Waals surface area contributed by atoms with Gasteiger partial charge in [0.1, 0.15) is 0 Å². The van der Waals surface area contributed by atoms with E-state index >= 15 is 0 Å². The second-order valence-corrected chi connectivity index (χ2v) is 6.70. The molecule has 0 atom stereocenters. The molecular weight excluding hydrogens is 346 g/mol. The molecule has 2 rings (SSSR count). The Morgan fingerprint density at radius 1 is 1.29 bits per heavy atom. The lowest BCUT2D eigenvalue weighted by atomic mass is 10.1. The Kier molecular flexibility index (Phi) is 8.00. The molecule has 8 heteroatoms. The molecule has 0 aromatic heterocycles. The minimum atomic E-state index is -2.20. The zero-order valence-corrected chi connectivity index (χ0v) is 15.8. The predicted molar refractivity (Wildman–Crippen MR) is 98.3 cm³/mol. The minimum Gasteiger partial charge on any atom is -0.365 e. The lowest BCUT2D eigenvalue weighted by molar-refractivity contribution is -0.119. The largest absolute Gasteiger partial charge is 0.365 e. The average molecular weight is 370 g/mol. The third kappa shape index (κ3) is 7.65. The van der Waals surface area contributed by atoms with E-state index in [1.165, 1.54) is 5.56 Å². The molecule has 24 heavy (non-hydrogen) atoms. The van der Waals surface area contributed by atoms with E-state index in [2.05, 4.69) is 15.0 Å². The average Bonchev–Trinajstić information content (AvgIpc) is 3.29. The van der Waals surface area contributed by atoms with Crippen molar-refractivity contribution in [1.29, 1.82) is 0 Å². The standard InChI is InChI=1S/C11H14N2OS.C5H9NO2S/c1-8-3-5-9(6-4-8)7-10(14)13-11(15)12-2;1-2-5(3-4-5)6-9(7)8/h3-6H,7H2,1-2H3,(H2,12,13,14,15);2-4H2,1H3. The molecule has 0 unspecified atom stereocenters. The third-order valence-electron chi connectivity index (χ3n) is 3.72. The van der Waals surface area contributed by atoms with Crippen molar-refractivity contribution in [2.75, 3.05) is 7.05 Å². The monoisotopic (exact) mass is 369 g/mol. The van der Waals surface area contributed by atoms with Gasteiger partial charge in [0.2, 0.25) is 5.91 Å². The molecule has 1 aliphatic rings. The van der Waals surface area contributed by atoms with Crippen LogP contribution in [0.4, 0.5) is 0 Å². The zero-order valence-electron chi connectivity index (χ0n) is 14.1. The van der Waals surface area contributed by atoms with Crippen molar-refractivity contribution >= 4 is 33.7 Å². The summed E-state index contributed by atoms with van der Waals surface area (Å²) >= 11 is 4.83. The van der Waals surface area contributed by atoms with Gasteiger partial charge in [0, 0.05) is 7.05 Å². The molecule has 0 saturated heterocycles. The quantitative estimate of drug-likeness (QED) is 0.794. The molecule has 1 aromatic carbocycles. The fourth-order valence-electron chi connectivity index (χ4n) is 1.94. The van der Waals surface area contributed by atoms with Crippen molar-refractivity contribution in [3.05, 3.63) is 35.4 Å². The highest BCUT2D eigenvalue weighted by atomic mass is 32.2. The molecule has 2 N–H and O–H groups in total. The maximum atomic E-state index is 11.4. The summed E-state index contributed by atoms with van der Waals surface area (Å²) in [4.78, 5) is 11.4. The van der Waals surface area contributed by atoms with E-state index in [1.54, 1.807) is 7.05 Å². The Morgan fingerprint density at radius 2 is 1.88 bits per heavy atom. The smallest absolute Gasteiger partial charge is 0.311 e. The third-order valence-corrected chi connectivity index (χ3v) is 4.56. The zero-order chi connectivity index (χ0) is 18.2. The maximum Gasteiger partial charge on any atom is 0.311 e. The van der Waals surface area contributed by atoms with Crippen molar-refractivity contribution in [3.8, 4) is 0 Å². The van der Waals surface area contributed by atoms with Crippen molar-refractivity contribution in [2.24, 2.45) is 4.36 Å². The number of carbonyl (C=O) groups excluding carboxylic acids is 1. The van der Waals surface area contributed by atoms with Gasteiger partial charge < -0.3 is 10.6 Å². The Labute approximate surface area is 149 Å². The Bertz CT molecular complexity index is 701. The van der Waals surface area contributed by atoms with E-state index in [9.17, 15) is 13.2 Å². The van der Waals surface area contributed by atoms with Crippen LogP contribution in [-0.2, 0) is 21.7 Å². The molecule has 6 nitrogen and oxygen atoms in total. The molecule has 1 amide bonds.